The van der Waals surface area contributed by atoms with Gasteiger partial charge < -0.3 is 15.8 Å². The van der Waals surface area contributed by atoms with Crippen molar-refractivity contribution < 1.29 is 22.7 Å². The molecule has 20 heavy (non-hydrogen) atoms. The minimum atomic E-state index is -3.10. The number of amides is 1. The van der Waals surface area contributed by atoms with E-state index in [2.05, 4.69) is 10.1 Å². The van der Waals surface area contributed by atoms with Gasteiger partial charge in [0.15, 0.2) is 11.6 Å². The molecule has 0 aliphatic heterocycles. The van der Waals surface area contributed by atoms with Gasteiger partial charge >= 0.3 is 6.61 Å². The van der Waals surface area contributed by atoms with Gasteiger partial charge in [-0.1, -0.05) is 19.8 Å². The van der Waals surface area contributed by atoms with Crippen molar-refractivity contribution in [2.75, 3.05) is 5.32 Å². The number of nitrogens with one attached hydrogen (secondary N) is 1. The number of benzene rings is 1. The normalized spacial score (nSPS) is 12.3. The molecule has 0 aromatic heterocycles. The molecule has 0 radical (unpaired) electrons. The highest BCUT2D eigenvalue weighted by Crippen LogP contribution is 2.22. The molecule has 0 bridgehead atoms. The van der Waals surface area contributed by atoms with E-state index >= 15 is 0 Å². The van der Waals surface area contributed by atoms with Crippen molar-refractivity contribution in [2.24, 2.45) is 5.73 Å². The first kappa shape index (κ1) is 16.3. The van der Waals surface area contributed by atoms with Crippen LogP contribution < -0.4 is 15.8 Å². The van der Waals surface area contributed by atoms with Crippen molar-refractivity contribution in [1.29, 1.82) is 0 Å². The Hall–Kier alpha value is -1.76. The van der Waals surface area contributed by atoms with Crippen LogP contribution in [0.4, 0.5) is 18.9 Å². The molecule has 0 saturated carbocycles. The summed E-state index contributed by atoms with van der Waals surface area (Å²) in [5.41, 5.74) is 5.80. The number of nitrogens with two attached hydrogens (primary N) is 1. The van der Waals surface area contributed by atoms with E-state index in [-0.39, 0.29) is 5.69 Å². The molecule has 0 aliphatic rings. The molecule has 1 unspecified atom stereocenters. The standard InChI is InChI=1S/C13H17F3N2O2/c1-2-3-4-10(17)12(19)18-8-5-6-11(9(14)7-8)20-13(15)16/h5-7,10,13H,2-4,17H2,1H3,(H,18,19). The monoisotopic (exact) mass is 290 g/mol. The van der Waals surface area contributed by atoms with Gasteiger partial charge in [0.1, 0.15) is 0 Å². The van der Waals surface area contributed by atoms with E-state index in [0.29, 0.717) is 6.42 Å². The molecule has 0 spiro atoms. The summed E-state index contributed by atoms with van der Waals surface area (Å²) in [5.74, 6) is -2.00. The number of alkyl halides is 2. The third-order valence-corrected chi connectivity index (χ3v) is 2.62. The molecule has 1 aromatic carbocycles. The van der Waals surface area contributed by atoms with Gasteiger partial charge in [0.25, 0.3) is 0 Å². The highest BCUT2D eigenvalue weighted by molar-refractivity contribution is 5.94. The van der Waals surface area contributed by atoms with Crippen molar-refractivity contribution in [2.45, 2.75) is 38.8 Å². The number of rotatable bonds is 7. The van der Waals surface area contributed by atoms with Gasteiger partial charge in [0.2, 0.25) is 5.91 Å². The molecule has 1 atom stereocenters. The van der Waals surface area contributed by atoms with E-state index < -0.39 is 30.1 Å². The molecule has 3 N–H and O–H groups in total. The molecule has 0 aliphatic carbocycles. The molecule has 7 heteroatoms. The Kier molecular flexibility index (Phi) is 6.30. The van der Waals surface area contributed by atoms with Crippen LogP contribution in [0.25, 0.3) is 0 Å². The van der Waals surface area contributed by atoms with Gasteiger partial charge in [-0.2, -0.15) is 8.78 Å². The summed E-state index contributed by atoms with van der Waals surface area (Å²) >= 11 is 0. The number of carbonyl (C=O) groups excluding carboxylic acids is 1. The largest absolute Gasteiger partial charge is 0.432 e. The molecular formula is C13H17F3N2O2. The second-order valence-electron chi connectivity index (χ2n) is 4.26. The first-order valence-corrected chi connectivity index (χ1v) is 6.24. The number of unbranched alkanes of at least 4 members (excludes halogenated alkanes) is 1. The minimum Gasteiger partial charge on any atom is -0.432 e. The Bertz CT molecular complexity index is 455. The van der Waals surface area contributed by atoms with E-state index in [1.54, 1.807) is 0 Å². The summed E-state index contributed by atoms with van der Waals surface area (Å²) in [6.45, 7) is -1.13. The van der Waals surface area contributed by atoms with Crippen LogP contribution in [0.15, 0.2) is 18.2 Å². The van der Waals surface area contributed by atoms with E-state index in [1.807, 2.05) is 6.92 Å². The van der Waals surface area contributed by atoms with Crippen LogP contribution in [0.2, 0.25) is 0 Å². The predicted octanol–water partition coefficient (Wildman–Crippen LogP) is 2.88. The molecular weight excluding hydrogens is 273 g/mol. The number of ether oxygens (including phenoxy) is 1. The lowest BCUT2D eigenvalue weighted by Crippen LogP contribution is -2.35. The first-order chi connectivity index (χ1) is 9.43. The van der Waals surface area contributed by atoms with E-state index in [4.69, 9.17) is 5.73 Å². The van der Waals surface area contributed by atoms with Crippen LogP contribution in [0.5, 0.6) is 5.75 Å². The second-order valence-corrected chi connectivity index (χ2v) is 4.26. The van der Waals surface area contributed by atoms with Gasteiger partial charge in [0, 0.05) is 11.8 Å². The topological polar surface area (TPSA) is 64.4 Å². The summed E-state index contributed by atoms with van der Waals surface area (Å²) in [6, 6.07) is 2.51. The second kappa shape index (κ2) is 7.74. The number of halogens is 3. The lowest BCUT2D eigenvalue weighted by atomic mass is 10.1. The summed E-state index contributed by atoms with van der Waals surface area (Å²) in [6.07, 6.45) is 2.25. The first-order valence-electron chi connectivity index (χ1n) is 6.24. The maximum atomic E-state index is 13.4. The third-order valence-electron chi connectivity index (χ3n) is 2.62. The SMILES string of the molecule is CCCCC(N)C(=O)Nc1ccc(OC(F)F)c(F)c1. The molecule has 112 valence electrons. The van der Waals surface area contributed by atoms with Gasteiger partial charge in [-0.15, -0.1) is 0 Å². The van der Waals surface area contributed by atoms with E-state index in [9.17, 15) is 18.0 Å². The highest BCUT2D eigenvalue weighted by Gasteiger charge is 2.15. The number of hydrogen-bond donors (Lipinski definition) is 2. The molecule has 0 fully saturated rings. The van der Waals surface area contributed by atoms with E-state index in [0.717, 1.165) is 25.0 Å². The Balaban J connectivity index is 2.64. The smallest absolute Gasteiger partial charge is 0.387 e. The van der Waals surface area contributed by atoms with Crippen molar-refractivity contribution >= 4 is 11.6 Å². The third kappa shape index (κ3) is 5.08. The minimum absolute atomic E-state index is 0.140. The van der Waals surface area contributed by atoms with Crippen LogP contribution >= 0.6 is 0 Å². The summed E-state index contributed by atoms with van der Waals surface area (Å²) in [7, 11) is 0. The van der Waals surface area contributed by atoms with Crippen LogP contribution in [-0.2, 0) is 4.79 Å². The fraction of sp³-hybridized carbons (Fsp3) is 0.462. The molecule has 1 aromatic rings. The van der Waals surface area contributed by atoms with Crippen molar-refractivity contribution in [3.8, 4) is 5.75 Å². The van der Waals surface area contributed by atoms with Crippen molar-refractivity contribution in [1.82, 2.24) is 0 Å². The molecule has 4 nitrogen and oxygen atoms in total. The van der Waals surface area contributed by atoms with Gasteiger partial charge in [-0.3, -0.25) is 4.79 Å². The average molecular weight is 290 g/mol. The molecule has 0 saturated heterocycles. The predicted molar refractivity (Wildman–Crippen MR) is 69.2 cm³/mol. The lowest BCUT2D eigenvalue weighted by molar-refractivity contribution is -0.117. The summed E-state index contributed by atoms with van der Waals surface area (Å²) < 4.78 is 41.3. The van der Waals surface area contributed by atoms with Crippen LogP contribution in [0.3, 0.4) is 0 Å². The van der Waals surface area contributed by atoms with Crippen molar-refractivity contribution in [3.63, 3.8) is 0 Å². The highest BCUT2D eigenvalue weighted by atomic mass is 19.3. The quantitative estimate of drug-likeness (QED) is 0.811. The maximum Gasteiger partial charge on any atom is 0.387 e. The number of hydrogen-bond acceptors (Lipinski definition) is 3. The number of carbonyl (C=O) groups is 1. The van der Waals surface area contributed by atoms with Gasteiger partial charge in [-0.25, -0.2) is 4.39 Å². The zero-order valence-electron chi connectivity index (χ0n) is 11.0. The average Bonchev–Trinajstić information content (AvgIpc) is 2.38. The van der Waals surface area contributed by atoms with Gasteiger partial charge in [-0.05, 0) is 18.6 Å². The summed E-state index contributed by atoms with van der Waals surface area (Å²) in [5, 5.41) is 2.42. The fourth-order valence-corrected chi connectivity index (χ4v) is 1.56. The maximum absolute atomic E-state index is 13.4. The Labute approximate surface area is 115 Å². The lowest BCUT2D eigenvalue weighted by Gasteiger charge is -2.12. The fourth-order valence-electron chi connectivity index (χ4n) is 1.56. The Morgan fingerprint density at radius 3 is 2.70 bits per heavy atom. The molecule has 1 rings (SSSR count). The molecule has 1 amide bonds. The zero-order chi connectivity index (χ0) is 15.1. The zero-order valence-corrected chi connectivity index (χ0v) is 11.0. The number of anilines is 1. The van der Waals surface area contributed by atoms with Crippen LogP contribution in [-0.4, -0.2) is 18.6 Å². The van der Waals surface area contributed by atoms with Gasteiger partial charge in [0.05, 0.1) is 6.04 Å². The van der Waals surface area contributed by atoms with Crippen LogP contribution in [0, 0.1) is 5.82 Å². The van der Waals surface area contributed by atoms with E-state index in [1.165, 1.54) is 6.07 Å². The van der Waals surface area contributed by atoms with Crippen molar-refractivity contribution in [3.05, 3.63) is 24.0 Å². The summed E-state index contributed by atoms with van der Waals surface area (Å²) in [4.78, 5) is 11.7. The Morgan fingerprint density at radius 2 is 2.15 bits per heavy atom. The Morgan fingerprint density at radius 1 is 1.45 bits per heavy atom. The van der Waals surface area contributed by atoms with Crippen LogP contribution in [0.1, 0.15) is 26.2 Å². The molecule has 0 heterocycles.